The van der Waals surface area contributed by atoms with Crippen molar-refractivity contribution in [3.8, 4) is 6.07 Å². The molecule has 0 aromatic heterocycles. The molecule has 23 heavy (non-hydrogen) atoms. The Morgan fingerprint density at radius 2 is 1.83 bits per heavy atom. The number of hydrogen-bond acceptors (Lipinski definition) is 4. The van der Waals surface area contributed by atoms with Gasteiger partial charge < -0.3 is 10.1 Å². The molecule has 0 bridgehead atoms. The zero-order chi connectivity index (χ0) is 16.7. The molecular weight excluding hydrogens is 360 g/mol. The third kappa shape index (κ3) is 4.94. The van der Waals surface area contributed by atoms with Crippen LogP contribution in [0.2, 0.25) is 0 Å². The van der Waals surface area contributed by atoms with Crippen LogP contribution in [0.4, 0.5) is 5.69 Å². The van der Waals surface area contributed by atoms with E-state index in [1.807, 2.05) is 24.3 Å². The SMILES string of the molecule is N#CCC(=O)Nc1ccc(C(=O)OCc2ccccc2Br)cc1. The predicted octanol–water partition coefficient (Wildman–Crippen LogP) is 3.66. The Balaban J connectivity index is 1.94. The van der Waals surface area contributed by atoms with Gasteiger partial charge in [-0.2, -0.15) is 5.26 Å². The summed E-state index contributed by atoms with van der Waals surface area (Å²) in [4.78, 5) is 23.3. The topological polar surface area (TPSA) is 79.2 Å². The normalized spacial score (nSPS) is 9.74. The van der Waals surface area contributed by atoms with Crippen LogP contribution in [0.1, 0.15) is 22.3 Å². The molecule has 0 aliphatic rings. The van der Waals surface area contributed by atoms with Crippen molar-refractivity contribution in [1.29, 1.82) is 5.26 Å². The van der Waals surface area contributed by atoms with Crippen LogP contribution < -0.4 is 5.32 Å². The number of ether oxygens (including phenoxy) is 1. The first-order valence-electron chi connectivity index (χ1n) is 6.77. The van der Waals surface area contributed by atoms with Gasteiger partial charge in [-0.25, -0.2) is 4.79 Å². The second-order valence-corrected chi connectivity index (χ2v) is 5.48. The summed E-state index contributed by atoms with van der Waals surface area (Å²) in [6.07, 6.45) is -0.213. The fourth-order valence-corrected chi connectivity index (χ4v) is 2.21. The van der Waals surface area contributed by atoms with E-state index in [0.29, 0.717) is 11.3 Å². The van der Waals surface area contributed by atoms with Crippen LogP contribution in [0.25, 0.3) is 0 Å². The number of anilines is 1. The quantitative estimate of drug-likeness (QED) is 0.812. The molecule has 0 saturated carbocycles. The maximum atomic E-state index is 12.0. The van der Waals surface area contributed by atoms with Gasteiger partial charge in [0.05, 0.1) is 11.6 Å². The average molecular weight is 373 g/mol. The van der Waals surface area contributed by atoms with Crippen LogP contribution in [-0.2, 0) is 16.1 Å². The molecule has 6 heteroatoms. The summed E-state index contributed by atoms with van der Waals surface area (Å²) < 4.78 is 6.13. The van der Waals surface area contributed by atoms with Gasteiger partial charge in [0.25, 0.3) is 0 Å². The van der Waals surface area contributed by atoms with E-state index in [0.717, 1.165) is 10.0 Å². The van der Waals surface area contributed by atoms with Crippen LogP contribution in [0.15, 0.2) is 53.0 Å². The lowest BCUT2D eigenvalue weighted by Gasteiger charge is -2.07. The van der Waals surface area contributed by atoms with Crippen molar-refractivity contribution in [1.82, 2.24) is 0 Å². The molecule has 2 rings (SSSR count). The van der Waals surface area contributed by atoms with Crippen molar-refractivity contribution < 1.29 is 14.3 Å². The fraction of sp³-hybridized carbons (Fsp3) is 0.118. The third-order valence-electron chi connectivity index (χ3n) is 2.96. The largest absolute Gasteiger partial charge is 0.457 e. The first-order chi connectivity index (χ1) is 11.1. The Kier molecular flexibility index (Phi) is 5.89. The van der Waals surface area contributed by atoms with Crippen molar-refractivity contribution in [2.24, 2.45) is 0 Å². The lowest BCUT2D eigenvalue weighted by molar-refractivity contribution is -0.115. The van der Waals surface area contributed by atoms with Gasteiger partial charge in [-0.15, -0.1) is 0 Å². The minimum absolute atomic E-state index is 0.168. The van der Waals surface area contributed by atoms with Crippen molar-refractivity contribution in [3.05, 3.63) is 64.1 Å². The van der Waals surface area contributed by atoms with Gasteiger partial charge >= 0.3 is 5.97 Å². The molecule has 0 aliphatic carbocycles. The zero-order valence-electron chi connectivity index (χ0n) is 12.1. The van der Waals surface area contributed by atoms with Crippen LogP contribution in [0.5, 0.6) is 0 Å². The van der Waals surface area contributed by atoms with E-state index in [1.165, 1.54) is 0 Å². The first kappa shape index (κ1) is 16.7. The molecule has 0 unspecified atom stereocenters. The summed E-state index contributed by atoms with van der Waals surface area (Å²) in [5, 5.41) is 11.0. The van der Waals surface area contributed by atoms with Crippen molar-refractivity contribution in [3.63, 3.8) is 0 Å². The molecule has 0 heterocycles. The number of rotatable bonds is 5. The Hall–Kier alpha value is -2.65. The summed E-state index contributed by atoms with van der Waals surface area (Å²) in [7, 11) is 0. The Morgan fingerprint density at radius 1 is 1.13 bits per heavy atom. The van der Waals surface area contributed by atoms with Gasteiger partial charge in [-0.1, -0.05) is 34.1 Å². The summed E-state index contributed by atoms with van der Waals surface area (Å²) in [5.41, 5.74) is 1.78. The molecule has 2 aromatic rings. The highest BCUT2D eigenvalue weighted by atomic mass is 79.9. The molecule has 2 aromatic carbocycles. The van der Waals surface area contributed by atoms with Crippen molar-refractivity contribution in [2.75, 3.05) is 5.32 Å². The molecule has 0 atom stereocenters. The molecule has 0 saturated heterocycles. The standard InChI is InChI=1S/C17H13BrN2O3/c18-15-4-2-1-3-13(15)11-23-17(22)12-5-7-14(8-6-12)20-16(21)9-10-19/h1-8H,9,11H2,(H,20,21). The van der Waals surface area contributed by atoms with Crippen LogP contribution in [0, 0.1) is 11.3 Å². The van der Waals surface area contributed by atoms with Gasteiger partial charge in [-0.05, 0) is 30.3 Å². The van der Waals surface area contributed by atoms with Crippen LogP contribution >= 0.6 is 15.9 Å². The number of amides is 1. The summed E-state index contributed by atoms with van der Waals surface area (Å²) >= 11 is 3.39. The monoisotopic (exact) mass is 372 g/mol. The number of esters is 1. The lowest BCUT2D eigenvalue weighted by atomic mass is 10.2. The highest BCUT2D eigenvalue weighted by Gasteiger charge is 2.09. The van der Waals surface area contributed by atoms with E-state index in [9.17, 15) is 9.59 Å². The Morgan fingerprint density at radius 3 is 2.48 bits per heavy atom. The molecule has 0 fully saturated rings. The predicted molar refractivity (Wildman–Crippen MR) is 88.6 cm³/mol. The maximum absolute atomic E-state index is 12.0. The van der Waals surface area contributed by atoms with E-state index >= 15 is 0 Å². The molecule has 1 N–H and O–H groups in total. The van der Waals surface area contributed by atoms with E-state index in [1.54, 1.807) is 30.3 Å². The number of hydrogen-bond donors (Lipinski definition) is 1. The zero-order valence-corrected chi connectivity index (χ0v) is 13.7. The van der Waals surface area contributed by atoms with Gasteiger partial charge in [0.15, 0.2) is 0 Å². The second kappa shape index (κ2) is 8.11. The number of carbonyl (C=O) groups is 2. The molecular formula is C17H13BrN2O3. The molecule has 0 radical (unpaired) electrons. The molecule has 1 amide bonds. The van der Waals surface area contributed by atoms with Crippen LogP contribution in [-0.4, -0.2) is 11.9 Å². The highest BCUT2D eigenvalue weighted by molar-refractivity contribution is 9.10. The first-order valence-corrected chi connectivity index (χ1v) is 7.57. The smallest absolute Gasteiger partial charge is 0.338 e. The van der Waals surface area contributed by atoms with Gasteiger partial charge in [-0.3, -0.25) is 4.79 Å². The van der Waals surface area contributed by atoms with Crippen molar-refractivity contribution in [2.45, 2.75) is 13.0 Å². The van der Waals surface area contributed by atoms with Gasteiger partial charge in [0, 0.05) is 15.7 Å². The summed E-state index contributed by atoms with van der Waals surface area (Å²) in [6.45, 7) is 0.168. The number of nitrogens with zero attached hydrogens (tertiary/aromatic N) is 1. The van der Waals surface area contributed by atoms with Gasteiger partial charge in [0.2, 0.25) is 5.91 Å². The average Bonchev–Trinajstić information content (AvgIpc) is 2.55. The minimum Gasteiger partial charge on any atom is -0.457 e. The third-order valence-corrected chi connectivity index (χ3v) is 3.73. The molecule has 0 aliphatic heterocycles. The fourth-order valence-electron chi connectivity index (χ4n) is 1.81. The molecule has 116 valence electrons. The minimum atomic E-state index is -0.448. The van der Waals surface area contributed by atoms with E-state index in [4.69, 9.17) is 10.00 Å². The lowest BCUT2D eigenvalue weighted by Crippen LogP contribution is -2.10. The van der Waals surface area contributed by atoms with E-state index in [2.05, 4.69) is 21.2 Å². The molecule has 5 nitrogen and oxygen atoms in total. The van der Waals surface area contributed by atoms with E-state index < -0.39 is 11.9 Å². The summed E-state index contributed by atoms with van der Waals surface area (Å²) in [6, 6.07) is 15.6. The highest BCUT2D eigenvalue weighted by Crippen LogP contribution is 2.18. The van der Waals surface area contributed by atoms with Crippen LogP contribution in [0.3, 0.4) is 0 Å². The Bertz CT molecular complexity index is 751. The summed E-state index contributed by atoms with van der Waals surface area (Å²) in [5.74, 6) is -0.840. The maximum Gasteiger partial charge on any atom is 0.338 e. The number of benzene rings is 2. The number of nitriles is 1. The number of carbonyl (C=O) groups excluding carboxylic acids is 2. The second-order valence-electron chi connectivity index (χ2n) is 4.63. The van der Waals surface area contributed by atoms with Gasteiger partial charge in [0.1, 0.15) is 13.0 Å². The van der Waals surface area contributed by atoms with Crippen molar-refractivity contribution >= 4 is 33.5 Å². The Labute approximate surface area is 142 Å². The molecule has 0 spiro atoms. The number of halogens is 1. The number of nitrogens with one attached hydrogen (secondary N) is 1. The van der Waals surface area contributed by atoms with E-state index in [-0.39, 0.29) is 13.0 Å².